The van der Waals surface area contributed by atoms with E-state index in [0.717, 1.165) is 24.6 Å². The van der Waals surface area contributed by atoms with E-state index in [9.17, 15) is 4.39 Å². The molecule has 19 heavy (non-hydrogen) atoms. The van der Waals surface area contributed by atoms with Gasteiger partial charge in [0.15, 0.2) is 0 Å². The summed E-state index contributed by atoms with van der Waals surface area (Å²) < 4.78 is 19.3. The molecule has 1 saturated carbocycles. The topological polar surface area (TPSA) is 21.3 Å². The van der Waals surface area contributed by atoms with Crippen LogP contribution in [0.5, 0.6) is 0 Å². The molecule has 0 bridgehead atoms. The summed E-state index contributed by atoms with van der Waals surface area (Å²) >= 11 is 0. The van der Waals surface area contributed by atoms with Crippen LogP contribution in [0.2, 0.25) is 0 Å². The van der Waals surface area contributed by atoms with Crippen molar-refractivity contribution in [3.8, 4) is 0 Å². The van der Waals surface area contributed by atoms with Crippen molar-refractivity contribution in [2.75, 3.05) is 13.2 Å². The minimum absolute atomic E-state index is 0.0152. The quantitative estimate of drug-likeness (QED) is 0.838. The molecule has 0 aromatic heterocycles. The maximum atomic E-state index is 13.2. The van der Waals surface area contributed by atoms with Crippen LogP contribution in [-0.2, 0) is 4.74 Å². The summed E-state index contributed by atoms with van der Waals surface area (Å²) in [4.78, 5) is 0. The van der Waals surface area contributed by atoms with Gasteiger partial charge in [-0.3, -0.25) is 0 Å². The highest BCUT2D eigenvalue weighted by atomic mass is 19.1. The Kier molecular flexibility index (Phi) is 3.59. The van der Waals surface area contributed by atoms with E-state index in [4.69, 9.17) is 4.74 Å². The Labute approximate surface area is 114 Å². The van der Waals surface area contributed by atoms with E-state index in [2.05, 4.69) is 12.2 Å². The maximum absolute atomic E-state index is 13.2. The molecule has 1 aliphatic heterocycles. The van der Waals surface area contributed by atoms with E-state index < -0.39 is 0 Å². The molecule has 2 nitrogen and oxygen atoms in total. The first-order valence-corrected chi connectivity index (χ1v) is 7.29. The van der Waals surface area contributed by atoms with Crippen molar-refractivity contribution in [3.05, 3.63) is 35.6 Å². The zero-order chi connectivity index (χ0) is 13.3. The minimum Gasteiger partial charge on any atom is -0.370 e. The number of ether oxygens (including phenoxy) is 1. The Morgan fingerprint density at radius 2 is 2.32 bits per heavy atom. The molecule has 2 aliphatic rings. The van der Waals surface area contributed by atoms with Crippen LogP contribution in [0.15, 0.2) is 24.3 Å². The summed E-state index contributed by atoms with van der Waals surface area (Å²) in [6, 6.07) is 6.75. The molecule has 104 valence electrons. The number of halogens is 1. The highest BCUT2D eigenvalue weighted by Gasteiger charge is 2.39. The van der Waals surface area contributed by atoms with E-state index in [1.807, 2.05) is 6.07 Å². The van der Waals surface area contributed by atoms with Crippen molar-refractivity contribution in [2.24, 2.45) is 5.92 Å². The van der Waals surface area contributed by atoms with Gasteiger partial charge < -0.3 is 10.1 Å². The van der Waals surface area contributed by atoms with Gasteiger partial charge in [-0.2, -0.15) is 0 Å². The molecule has 3 unspecified atom stereocenters. The third-order valence-corrected chi connectivity index (χ3v) is 4.54. The molecule has 3 heteroatoms. The first-order valence-electron chi connectivity index (χ1n) is 7.29. The van der Waals surface area contributed by atoms with Gasteiger partial charge in [0, 0.05) is 12.1 Å². The second kappa shape index (κ2) is 5.22. The molecule has 3 rings (SSSR count). The van der Waals surface area contributed by atoms with Crippen LogP contribution in [0.25, 0.3) is 0 Å². The summed E-state index contributed by atoms with van der Waals surface area (Å²) in [7, 11) is 0. The fourth-order valence-electron chi connectivity index (χ4n) is 3.55. The highest BCUT2D eigenvalue weighted by Crippen LogP contribution is 2.36. The second-order valence-corrected chi connectivity index (χ2v) is 6.22. The molecule has 1 aromatic rings. The molecule has 2 fully saturated rings. The lowest BCUT2D eigenvalue weighted by Gasteiger charge is -2.45. The SMILES string of the molecule is CC1CCCC2(COC(c3cccc(F)c3)CN2)C1. The fraction of sp³-hybridized carbons (Fsp3) is 0.625. The van der Waals surface area contributed by atoms with Crippen molar-refractivity contribution in [1.82, 2.24) is 5.32 Å². The fourth-order valence-corrected chi connectivity index (χ4v) is 3.55. The van der Waals surface area contributed by atoms with Gasteiger partial charge in [-0.1, -0.05) is 31.9 Å². The largest absolute Gasteiger partial charge is 0.370 e. The van der Waals surface area contributed by atoms with Gasteiger partial charge in [0.25, 0.3) is 0 Å². The van der Waals surface area contributed by atoms with Gasteiger partial charge >= 0.3 is 0 Å². The van der Waals surface area contributed by atoms with Crippen LogP contribution in [0.3, 0.4) is 0 Å². The Morgan fingerprint density at radius 1 is 1.42 bits per heavy atom. The summed E-state index contributed by atoms with van der Waals surface area (Å²) in [5.41, 5.74) is 1.10. The second-order valence-electron chi connectivity index (χ2n) is 6.22. The van der Waals surface area contributed by atoms with Crippen LogP contribution in [-0.4, -0.2) is 18.7 Å². The summed E-state index contributed by atoms with van der Waals surface area (Å²) in [6.45, 7) is 3.86. The highest BCUT2D eigenvalue weighted by molar-refractivity contribution is 5.20. The average Bonchev–Trinajstić information content (AvgIpc) is 2.39. The van der Waals surface area contributed by atoms with Crippen molar-refractivity contribution in [1.29, 1.82) is 0 Å². The van der Waals surface area contributed by atoms with Gasteiger partial charge in [0.1, 0.15) is 5.82 Å². The van der Waals surface area contributed by atoms with Gasteiger partial charge in [0.2, 0.25) is 0 Å². The van der Waals surface area contributed by atoms with Gasteiger partial charge in [-0.15, -0.1) is 0 Å². The lowest BCUT2D eigenvalue weighted by molar-refractivity contribution is -0.0528. The van der Waals surface area contributed by atoms with Crippen LogP contribution < -0.4 is 5.32 Å². The number of hydrogen-bond donors (Lipinski definition) is 1. The third kappa shape index (κ3) is 2.82. The van der Waals surface area contributed by atoms with Crippen molar-refractivity contribution in [2.45, 2.75) is 44.2 Å². The van der Waals surface area contributed by atoms with Gasteiger partial charge in [0.05, 0.1) is 12.7 Å². The first kappa shape index (κ1) is 13.1. The molecular weight excluding hydrogens is 241 g/mol. The number of rotatable bonds is 1. The molecule has 1 N–H and O–H groups in total. The number of nitrogens with one attached hydrogen (secondary N) is 1. The van der Waals surface area contributed by atoms with Gasteiger partial charge in [-0.25, -0.2) is 4.39 Å². The number of hydrogen-bond acceptors (Lipinski definition) is 2. The zero-order valence-corrected chi connectivity index (χ0v) is 11.5. The lowest BCUT2D eigenvalue weighted by Crippen LogP contribution is -2.57. The molecule has 1 saturated heterocycles. The number of benzene rings is 1. The Bertz CT molecular complexity index is 440. The normalized spacial score (nSPS) is 35.5. The molecule has 1 spiro atoms. The van der Waals surface area contributed by atoms with E-state index in [1.165, 1.54) is 31.7 Å². The molecule has 3 atom stereocenters. The van der Waals surface area contributed by atoms with Crippen LogP contribution in [0, 0.1) is 11.7 Å². The van der Waals surface area contributed by atoms with E-state index in [0.29, 0.717) is 0 Å². The predicted molar refractivity (Wildman–Crippen MR) is 73.5 cm³/mol. The summed E-state index contributed by atoms with van der Waals surface area (Å²) in [5.74, 6) is 0.586. The van der Waals surface area contributed by atoms with Gasteiger partial charge in [-0.05, 0) is 36.5 Å². The monoisotopic (exact) mass is 263 g/mol. The van der Waals surface area contributed by atoms with Crippen molar-refractivity contribution in [3.63, 3.8) is 0 Å². The number of morpholine rings is 1. The first-order chi connectivity index (χ1) is 9.17. The van der Waals surface area contributed by atoms with Crippen molar-refractivity contribution >= 4 is 0 Å². The van der Waals surface area contributed by atoms with Crippen LogP contribution in [0.1, 0.15) is 44.3 Å². The lowest BCUT2D eigenvalue weighted by atomic mass is 9.76. The third-order valence-electron chi connectivity index (χ3n) is 4.54. The van der Waals surface area contributed by atoms with Crippen molar-refractivity contribution < 1.29 is 9.13 Å². The van der Waals surface area contributed by atoms with Crippen LogP contribution in [0.4, 0.5) is 4.39 Å². The molecular formula is C16H22FNO. The predicted octanol–water partition coefficient (Wildman–Crippen LogP) is 3.44. The van der Waals surface area contributed by atoms with Crippen LogP contribution >= 0.6 is 0 Å². The molecule has 0 radical (unpaired) electrons. The maximum Gasteiger partial charge on any atom is 0.123 e. The molecule has 1 heterocycles. The van der Waals surface area contributed by atoms with E-state index in [-0.39, 0.29) is 17.5 Å². The smallest absolute Gasteiger partial charge is 0.123 e. The van der Waals surface area contributed by atoms with E-state index >= 15 is 0 Å². The minimum atomic E-state index is -0.187. The molecule has 1 aromatic carbocycles. The Balaban J connectivity index is 1.66. The Morgan fingerprint density at radius 3 is 3.00 bits per heavy atom. The average molecular weight is 263 g/mol. The Hall–Kier alpha value is -0.930. The summed E-state index contributed by atoms with van der Waals surface area (Å²) in [5, 5.41) is 3.69. The van der Waals surface area contributed by atoms with E-state index in [1.54, 1.807) is 12.1 Å². The standard InChI is InChI=1S/C16H22FNO/c1-12-4-3-7-16(9-12)11-19-15(10-18-16)13-5-2-6-14(17)8-13/h2,5-6,8,12,15,18H,3-4,7,9-11H2,1H3. The summed E-state index contributed by atoms with van der Waals surface area (Å²) in [6.07, 6.45) is 4.99. The molecule has 0 amide bonds. The zero-order valence-electron chi connectivity index (χ0n) is 11.5. The molecule has 1 aliphatic carbocycles.